The second-order valence-electron chi connectivity index (χ2n) is 4.33. The van der Waals surface area contributed by atoms with Crippen LogP contribution in [0.4, 0.5) is 0 Å². The number of aryl methyl sites for hydroxylation is 1. The molecule has 1 nitrogen and oxygen atoms in total. The SMILES string of the molecule is Cc1cccc(C(C)c2ccccc2)c1C=O. The monoisotopic (exact) mass is 224 g/mol. The molecule has 86 valence electrons. The number of aldehydes is 1. The summed E-state index contributed by atoms with van der Waals surface area (Å²) in [7, 11) is 0. The smallest absolute Gasteiger partial charge is 0.150 e. The molecule has 1 atom stereocenters. The third-order valence-electron chi connectivity index (χ3n) is 3.24. The van der Waals surface area contributed by atoms with Crippen LogP contribution in [0.5, 0.6) is 0 Å². The van der Waals surface area contributed by atoms with Gasteiger partial charge in [-0.15, -0.1) is 0 Å². The summed E-state index contributed by atoms with van der Waals surface area (Å²) in [5.41, 5.74) is 4.21. The summed E-state index contributed by atoms with van der Waals surface area (Å²) in [6.45, 7) is 4.11. The molecule has 0 fully saturated rings. The molecule has 2 aromatic carbocycles. The number of hydrogen-bond donors (Lipinski definition) is 0. The second-order valence-corrected chi connectivity index (χ2v) is 4.33. The third kappa shape index (κ3) is 2.28. The highest BCUT2D eigenvalue weighted by molar-refractivity contribution is 5.80. The summed E-state index contributed by atoms with van der Waals surface area (Å²) < 4.78 is 0. The number of hydrogen-bond acceptors (Lipinski definition) is 1. The third-order valence-corrected chi connectivity index (χ3v) is 3.24. The van der Waals surface area contributed by atoms with Gasteiger partial charge in [-0.05, 0) is 23.6 Å². The summed E-state index contributed by atoms with van der Waals surface area (Å²) in [4.78, 5) is 11.2. The molecule has 0 aliphatic heterocycles. The quantitative estimate of drug-likeness (QED) is 0.721. The molecule has 0 aliphatic carbocycles. The Labute approximate surface area is 102 Å². The molecule has 2 aromatic rings. The summed E-state index contributed by atoms with van der Waals surface area (Å²) >= 11 is 0. The van der Waals surface area contributed by atoms with Gasteiger partial charge in [-0.3, -0.25) is 4.79 Å². The van der Waals surface area contributed by atoms with Crippen molar-refractivity contribution in [1.29, 1.82) is 0 Å². The van der Waals surface area contributed by atoms with E-state index in [1.165, 1.54) is 5.56 Å². The minimum Gasteiger partial charge on any atom is -0.298 e. The van der Waals surface area contributed by atoms with E-state index in [2.05, 4.69) is 19.1 Å². The highest BCUT2D eigenvalue weighted by Crippen LogP contribution is 2.27. The van der Waals surface area contributed by atoms with Crippen molar-refractivity contribution in [3.8, 4) is 0 Å². The maximum absolute atomic E-state index is 11.2. The predicted octanol–water partition coefficient (Wildman–Crippen LogP) is 3.96. The van der Waals surface area contributed by atoms with Crippen LogP contribution >= 0.6 is 0 Å². The molecule has 0 saturated heterocycles. The van der Waals surface area contributed by atoms with Gasteiger partial charge in [-0.1, -0.05) is 55.5 Å². The second kappa shape index (κ2) is 4.96. The van der Waals surface area contributed by atoms with E-state index in [-0.39, 0.29) is 5.92 Å². The fourth-order valence-corrected chi connectivity index (χ4v) is 2.16. The lowest BCUT2D eigenvalue weighted by atomic mass is 9.88. The molecule has 2 rings (SSSR count). The van der Waals surface area contributed by atoms with E-state index in [4.69, 9.17) is 0 Å². The standard InChI is InChI=1S/C16H16O/c1-12-7-6-10-15(16(12)11-17)13(2)14-8-4-3-5-9-14/h3-11,13H,1-2H3. The van der Waals surface area contributed by atoms with Crippen molar-refractivity contribution in [3.05, 3.63) is 70.8 Å². The van der Waals surface area contributed by atoms with E-state index in [9.17, 15) is 4.79 Å². The van der Waals surface area contributed by atoms with Crippen LogP contribution in [0.2, 0.25) is 0 Å². The summed E-state index contributed by atoms with van der Waals surface area (Å²) in [6.07, 6.45) is 0.962. The first kappa shape index (κ1) is 11.6. The van der Waals surface area contributed by atoms with Crippen LogP contribution in [0.15, 0.2) is 48.5 Å². The Bertz CT molecular complexity index is 514. The molecule has 0 amide bonds. The maximum atomic E-state index is 11.2. The zero-order chi connectivity index (χ0) is 12.3. The molecular weight excluding hydrogens is 208 g/mol. The Kier molecular flexibility index (Phi) is 3.38. The van der Waals surface area contributed by atoms with Gasteiger partial charge in [-0.2, -0.15) is 0 Å². The number of benzene rings is 2. The van der Waals surface area contributed by atoms with Crippen LogP contribution in [0.1, 0.15) is 39.9 Å². The lowest BCUT2D eigenvalue weighted by Gasteiger charge is -2.15. The predicted molar refractivity (Wildman–Crippen MR) is 70.5 cm³/mol. The minimum atomic E-state index is 0.247. The Balaban J connectivity index is 2.48. The Morgan fingerprint density at radius 2 is 1.71 bits per heavy atom. The fourth-order valence-electron chi connectivity index (χ4n) is 2.16. The van der Waals surface area contributed by atoms with Crippen molar-refractivity contribution in [1.82, 2.24) is 0 Å². The van der Waals surface area contributed by atoms with Crippen molar-refractivity contribution < 1.29 is 4.79 Å². The van der Waals surface area contributed by atoms with Crippen LogP contribution < -0.4 is 0 Å². The first-order chi connectivity index (χ1) is 8.24. The van der Waals surface area contributed by atoms with E-state index in [1.54, 1.807) is 0 Å². The Hall–Kier alpha value is -1.89. The van der Waals surface area contributed by atoms with Gasteiger partial charge in [0.25, 0.3) is 0 Å². The maximum Gasteiger partial charge on any atom is 0.150 e. The van der Waals surface area contributed by atoms with Gasteiger partial charge < -0.3 is 0 Å². The van der Waals surface area contributed by atoms with Crippen molar-refractivity contribution in [2.75, 3.05) is 0 Å². The molecule has 0 saturated carbocycles. The molecule has 0 aromatic heterocycles. The van der Waals surface area contributed by atoms with Crippen molar-refractivity contribution in [2.24, 2.45) is 0 Å². The molecule has 0 aliphatic rings. The highest BCUT2D eigenvalue weighted by atomic mass is 16.1. The molecule has 1 heteroatoms. The van der Waals surface area contributed by atoms with Gasteiger partial charge in [-0.25, -0.2) is 0 Å². The van der Waals surface area contributed by atoms with E-state index in [1.807, 2.05) is 43.3 Å². The molecule has 0 heterocycles. The summed E-state index contributed by atoms with van der Waals surface area (Å²) in [5, 5.41) is 0. The zero-order valence-corrected chi connectivity index (χ0v) is 10.2. The highest BCUT2D eigenvalue weighted by Gasteiger charge is 2.13. The van der Waals surface area contributed by atoms with Crippen LogP contribution in [0.25, 0.3) is 0 Å². The minimum absolute atomic E-state index is 0.247. The lowest BCUT2D eigenvalue weighted by Crippen LogP contribution is -2.02. The average molecular weight is 224 g/mol. The topological polar surface area (TPSA) is 17.1 Å². The van der Waals surface area contributed by atoms with E-state index >= 15 is 0 Å². The zero-order valence-electron chi connectivity index (χ0n) is 10.2. The molecule has 0 radical (unpaired) electrons. The van der Waals surface area contributed by atoms with E-state index < -0.39 is 0 Å². The van der Waals surface area contributed by atoms with Gasteiger partial charge in [0.2, 0.25) is 0 Å². The van der Waals surface area contributed by atoms with Crippen LogP contribution in [0, 0.1) is 6.92 Å². The molecule has 17 heavy (non-hydrogen) atoms. The van der Waals surface area contributed by atoms with Crippen LogP contribution in [-0.2, 0) is 0 Å². The van der Waals surface area contributed by atoms with Gasteiger partial charge in [0.15, 0.2) is 6.29 Å². The molecular formula is C16H16O. The first-order valence-electron chi connectivity index (χ1n) is 5.83. The number of rotatable bonds is 3. The van der Waals surface area contributed by atoms with Gasteiger partial charge in [0.05, 0.1) is 0 Å². The normalized spacial score (nSPS) is 12.1. The number of carbonyl (C=O) groups is 1. The molecule has 0 bridgehead atoms. The number of carbonyl (C=O) groups excluding carboxylic acids is 1. The molecule has 1 unspecified atom stereocenters. The lowest BCUT2D eigenvalue weighted by molar-refractivity contribution is 0.112. The Morgan fingerprint density at radius 3 is 2.35 bits per heavy atom. The average Bonchev–Trinajstić information content (AvgIpc) is 2.38. The van der Waals surface area contributed by atoms with Crippen LogP contribution in [-0.4, -0.2) is 6.29 Å². The summed E-state index contributed by atoms with van der Waals surface area (Å²) in [5.74, 6) is 0.247. The largest absolute Gasteiger partial charge is 0.298 e. The van der Waals surface area contributed by atoms with E-state index in [0.717, 1.165) is 23.0 Å². The van der Waals surface area contributed by atoms with Crippen molar-refractivity contribution >= 4 is 6.29 Å². The summed E-state index contributed by atoms with van der Waals surface area (Å²) in [6, 6.07) is 16.3. The van der Waals surface area contributed by atoms with Gasteiger partial charge >= 0.3 is 0 Å². The van der Waals surface area contributed by atoms with E-state index in [0.29, 0.717) is 0 Å². The fraction of sp³-hybridized carbons (Fsp3) is 0.188. The van der Waals surface area contributed by atoms with Gasteiger partial charge in [0, 0.05) is 11.5 Å². The van der Waals surface area contributed by atoms with Crippen molar-refractivity contribution in [2.45, 2.75) is 19.8 Å². The Morgan fingerprint density at radius 1 is 1.00 bits per heavy atom. The molecule has 0 spiro atoms. The molecule has 0 N–H and O–H groups in total. The first-order valence-corrected chi connectivity index (χ1v) is 5.83. The van der Waals surface area contributed by atoms with Crippen molar-refractivity contribution in [3.63, 3.8) is 0 Å². The van der Waals surface area contributed by atoms with Crippen LogP contribution in [0.3, 0.4) is 0 Å². The van der Waals surface area contributed by atoms with Gasteiger partial charge in [0.1, 0.15) is 0 Å².